The first-order chi connectivity index (χ1) is 19.9. The summed E-state index contributed by atoms with van der Waals surface area (Å²) in [6, 6.07) is 0. The first kappa shape index (κ1) is 32.7. The molecule has 1 aliphatic heterocycles. The molecule has 42 heavy (non-hydrogen) atoms. The van der Waals surface area contributed by atoms with Gasteiger partial charge in [0, 0.05) is 20.3 Å². The van der Waals surface area contributed by atoms with Crippen LogP contribution in [0.1, 0.15) is 53.7 Å². The summed E-state index contributed by atoms with van der Waals surface area (Å²) in [7, 11) is 0. The molecular formula is C26H34ClN5O10. The largest absolute Gasteiger partial charge is 0.463 e. The zero-order chi connectivity index (χ0) is 31.2. The minimum absolute atomic E-state index is 0.00881. The normalized spacial score (nSPS) is 22.0. The third-order valence-corrected chi connectivity index (χ3v) is 6.76. The maximum atomic E-state index is 13.1. The Morgan fingerprint density at radius 1 is 1.14 bits per heavy atom. The van der Waals surface area contributed by atoms with Gasteiger partial charge in [-0.3, -0.25) is 14.2 Å². The number of ether oxygens (including phenoxy) is 6. The van der Waals surface area contributed by atoms with Gasteiger partial charge in [-0.1, -0.05) is 13.0 Å². The Labute approximate surface area is 246 Å². The van der Waals surface area contributed by atoms with Gasteiger partial charge in [0.2, 0.25) is 5.28 Å². The van der Waals surface area contributed by atoms with Crippen LogP contribution in [0.3, 0.4) is 0 Å². The van der Waals surface area contributed by atoms with Crippen LogP contribution in [-0.2, 0) is 47.6 Å². The van der Waals surface area contributed by atoms with E-state index in [0.717, 1.165) is 0 Å². The van der Waals surface area contributed by atoms with Crippen molar-refractivity contribution in [3.05, 3.63) is 24.3 Å². The van der Waals surface area contributed by atoms with Gasteiger partial charge in [0.05, 0.1) is 26.1 Å². The van der Waals surface area contributed by atoms with Gasteiger partial charge in [0.25, 0.3) is 5.60 Å². The van der Waals surface area contributed by atoms with Gasteiger partial charge in [0.1, 0.15) is 11.6 Å². The zero-order valence-corrected chi connectivity index (χ0v) is 24.7. The Morgan fingerprint density at radius 2 is 1.79 bits per heavy atom. The predicted molar refractivity (Wildman–Crippen MR) is 146 cm³/mol. The number of rotatable bonds is 13. The van der Waals surface area contributed by atoms with Crippen molar-refractivity contribution in [2.24, 2.45) is 0 Å². The van der Waals surface area contributed by atoms with Crippen molar-refractivity contribution in [2.45, 2.75) is 77.1 Å². The lowest BCUT2D eigenvalue weighted by molar-refractivity contribution is -0.205. The van der Waals surface area contributed by atoms with E-state index in [4.69, 9.17) is 45.8 Å². The molecule has 0 unspecified atom stereocenters. The number of anilines is 1. The van der Waals surface area contributed by atoms with Gasteiger partial charge in [-0.25, -0.2) is 14.6 Å². The summed E-state index contributed by atoms with van der Waals surface area (Å²) < 4.78 is 35.5. The molecule has 2 aromatic rings. The highest BCUT2D eigenvalue weighted by Gasteiger charge is 2.62. The maximum absolute atomic E-state index is 13.1. The maximum Gasteiger partial charge on any atom is 0.350 e. The minimum Gasteiger partial charge on any atom is -0.463 e. The van der Waals surface area contributed by atoms with Crippen LogP contribution in [0.2, 0.25) is 5.28 Å². The van der Waals surface area contributed by atoms with Crippen molar-refractivity contribution < 1.29 is 47.6 Å². The lowest BCUT2D eigenvalue weighted by Crippen LogP contribution is -2.56. The van der Waals surface area contributed by atoms with E-state index in [-0.39, 0.29) is 48.3 Å². The van der Waals surface area contributed by atoms with Crippen molar-refractivity contribution in [1.82, 2.24) is 19.5 Å². The summed E-state index contributed by atoms with van der Waals surface area (Å²) in [4.78, 5) is 63.3. The van der Waals surface area contributed by atoms with Gasteiger partial charge in [-0.2, -0.15) is 9.97 Å². The molecular weight excluding hydrogens is 578 g/mol. The lowest BCUT2D eigenvalue weighted by Gasteiger charge is -2.37. The molecule has 16 heteroatoms. The molecule has 3 heterocycles. The van der Waals surface area contributed by atoms with Crippen LogP contribution >= 0.6 is 11.6 Å². The first-order valence-electron chi connectivity index (χ1n) is 13.2. The van der Waals surface area contributed by atoms with E-state index in [0.29, 0.717) is 0 Å². The number of nitrogen functional groups attached to an aromatic ring is 1. The minimum atomic E-state index is -2.25. The number of nitrogens with zero attached hydrogens (tertiary/aromatic N) is 4. The fourth-order valence-corrected chi connectivity index (χ4v) is 5.01. The van der Waals surface area contributed by atoms with Gasteiger partial charge in [0.15, 0.2) is 29.4 Å². The molecule has 15 nitrogen and oxygen atoms in total. The summed E-state index contributed by atoms with van der Waals surface area (Å²) in [5, 5.41) is -0.177. The third-order valence-electron chi connectivity index (χ3n) is 6.59. The van der Waals surface area contributed by atoms with E-state index < -0.39 is 60.1 Å². The summed E-state index contributed by atoms with van der Waals surface area (Å²) in [6.45, 7) is 10.2. The number of halogens is 1. The van der Waals surface area contributed by atoms with Crippen LogP contribution in [-0.4, -0.2) is 86.6 Å². The number of carbonyl (C=O) groups is 4. The van der Waals surface area contributed by atoms with Crippen LogP contribution in [0.5, 0.6) is 0 Å². The summed E-state index contributed by atoms with van der Waals surface area (Å²) in [6.07, 6.45) is -1.35. The Hall–Kier alpha value is -3.82. The van der Waals surface area contributed by atoms with Crippen molar-refractivity contribution in [2.75, 3.05) is 25.6 Å². The van der Waals surface area contributed by atoms with Crippen LogP contribution < -0.4 is 5.73 Å². The third kappa shape index (κ3) is 6.17. The average molecular weight is 612 g/mol. The average Bonchev–Trinajstić information content (AvgIpc) is 3.45. The van der Waals surface area contributed by atoms with Crippen molar-refractivity contribution >= 4 is 52.5 Å². The van der Waals surface area contributed by atoms with Gasteiger partial charge < -0.3 is 34.2 Å². The Bertz CT molecular complexity index is 1330. The van der Waals surface area contributed by atoms with Crippen LogP contribution in [0.4, 0.5) is 5.82 Å². The van der Waals surface area contributed by atoms with Crippen molar-refractivity contribution in [3.8, 4) is 0 Å². The standard InChI is InChI=1S/C26H34ClN5O10/c1-7-11-26(22(35)37-9-3,23(36)38-10-4)39-12-16-25(8-2,42-15(6)34)18(40-14(5)33)21(41-16)32-13-29-17-19(28)30-24(27)31-20(17)32/h7,13,16,18,21H,1,8-12H2,2-6H3,(H2,28,30,31)/t16-,18+,21-,25-/m1/s1. The van der Waals surface area contributed by atoms with E-state index in [2.05, 4.69) is 21.5 Å². The van der Waals surface area contributed by atoms with Crippen LogP contribution in [0, 0.1) is 0 Å². The molecule has 230 valence electrons. The second kappa shape index (κ2) is 13.4. The molecule has 1 fully saturated rings. The van der Waals surface area contributed by atoms with Crippen LogP contribution in [0.25, 0.3) is 11.2 Å². The van der Waals surface area contributed by atoms with Gasteiger partial charge in [-0.15, -0.1) is 6.58 Å². The quantitative estimate of drug-likeness (QED) is 0.114. The Morgan fingerprint density at radius 3 is 2.31 bits per heavy atom. The van der Waals surface area contributed by atoms with E-state index >= 15 is 0 Å². The predicted octanol–water partition coefficient (Wildman–Crippen LogP) is 2.06. The second-order valence-corrected chi connectivity index (χ2v) is 9.56. The molecule has 4 atom stereocenters. The molecule has 2 aromatic heterocycles. The number of hydrogen-bond acceptors (Lipinski definition) is 14. The van der Waals surface area contributed by atoms with E-state index in [1.165, 1.54) is 30.8 Å². The van der Waals surface area contributed by atoms with Crippen molar-refractivity contribution in [3.63, 3.8) is 0 Å². The number of aromatic nitrogens is 4. The number of esters is 4. The number of fused-ring (bicyclic) bond motifs is 1. The first-order valence-corrected chi connectivity index (χ1v) is 13.6. The fourth-order valence-electron chi connectivity index (χ4n) is 4.84. The monoisotopic (exact) mass is 611 g/mol. The molecule has 0 amide bonds. The molecule has 1 saturated heterocycles. The molecule has 3 rings (SSSR count). The van der Waals surface area contributed by atoms with E-state index in [9.17, 15) is 19.2 Å². The number of imidazole rings is 1. The highest BCUT2D eigenvalue weighted by Crippen LogP contribution is 2.46. The molecule has 1 aliphatic rings. The van der Waals surface area contributed by atoms with Gasteiger partial charge >= 0.3 is 23.9 Å². The molecule has 0 aliphatic carbocycles. The van der Waals surface area contributed by atoms with Crippen LogP contribution in [0.15, 0.2) is 19.0 Å². The molecule has 0 saturated carbocycles. The molecule has 0 aromatic carbocycles. The molecule has 0 spiro atoms. The van der Waals surface area contributed by atoms with E-state index in [1.807, 2.05) is 0 Å². The topological polar surface area (TPSA) is 193 Å². The summed E-state index contributed by atoms with van der Waals surface area (Å²) in [5.74, 6) is -3.46. The number of nitrogens with two attached hydrogens (primary N) is 1. The molecule has 0 radical (unpaired) electrons. The number of carbonyl (C=O) groups excluding carboxylic acids is 4. The van der Waals surface area contributed by atoms with E-state index in [1.54, 1.807) is 20.8 Å². The Kier molecular flexibility index (Phi) is 10.5. The number of hydrogen-bond donors (Lipinski definition) is 1. The summed E-state index contributed by atoms with van der Waals surface area (Å²) in [5.41, 5.74) is 2.37. The van der Waals surface area contributed by atoms with Crippen molar-refractivity contribution in [1.29, 1.82) is 0 Å². The Balaban J connectivity index is 2.16. The highest BCUT2D eigenvalue weighted by atomic mass is 35.5. The smallest absolute Gasteiger partial charge is 0.350 e. The summed E-state index contributed by atoms with van der Waals surface area (Å²) >= 11 is 6.05. The lowest BCUT2D eigenvalue weighted by atomic mass is 9.88. The van der Waals surface area contributed by atoms with Gasteiger partial charge in [-0.05, 0) is 31.9 Å². The molecule has 2 N–H and O–H groups in total. The fraction of sp³-hybridized carbons (Fsp3) is 0.577. The highest BCUT2D eigenvalue weighted by molar-refractivity contribution is 6.28. The zero-order valence-electron chi connectivity index (χ0n) is 24.0. The molecule has 0 bridgehead atoms. The SMILES string of the molecule is C=CCC(OC[C@H]1O[C@@H](n2cnc3c(N)nc(Cl)nc32)[C@H](OC(C)=O)[C@]1(CC)OC(C)=O)(C(=O)OCC)C(=O)OCC. The second-order valence-electron chi connectivity index (χ2n) is 9.22.